The Morgan fingerprint density at radius 1 is 1.08 bits per heavy atom. The normalized spacial score (nSPS) is 21.2. The van der Waals surface area contributed by atoms with E-state index >= 15 is 0 Å². The molecule has 2 aromatic rings. The molecule has 3 heterocycles. The van der Waals surface area contributed by atoms with Crippen LogP contribution in [0.25, 0.3) is 11.4 Å². The highest BCUT2D eigenvalue weighted by Crippen LogP contribution is 2.43. The Morgan fingerprint density at radius 2 is 1.83 bits per heavy atom. The predicted molar refractivity (Wildman–Crippen MR) is 93.2 cm³/mol. The fourth-order valence-corrected chi connectivity index (χ4v) is 4.14. The van der Waals surface area contributed by atoms with Gasteiger partial charge in [0.15, 0.2) is 5.82 Å². The molecule has 6 nitrogen and oxygen atoms in total. The summed E-state index contributed by atoms with van der Waals surface area (Å²) in [4.78, 5) is 8.61. The molecule has 1 spiro atoms. The molecule has 2 aromatic heterocycles. The van der Waals surface area contributed by atoms with Gasteiger partial charge < -0.3 is 10.6 Å². The van der Waals surface area contributed by atoms with Gasteiger partial charge in [-0.1, -0.05) is 0 Å². The summed E-state index contributed by atoms with van der Waals surface area (Å²) in [6, 6.07) is 4.47. The molecule has 0 radical (unpaired) electrons. The lowest BCUT2D eigenvalue weighted by Gasteiger charge is -2.43. The Balaban J connectivity index is 1.28. The van der Waals surface area contributed by atoms with Crippen molar-refractivity contribution in [3.63, 3.8) is 0 Å². The van der Waals surface area contributed by atoms with Crippen molar-refractivity contribution in [2.24, 2.45) is 5.41 Å². The minimum Gasteiger partial charge on any atom is -0.317 e. The zero-order chi connectivity index (χ0) is 16.2. The largest absolute Gasteiger partial charge is 0.317 e. The second-order valence-corrected chi connectivity index (χ2v) is 7.25. The van der Waals surface area contributed by atoms with E-state index in [1.807, 2.05) is 12.1 Å². The lowest BCUT2D eigenvalue weighted by Crippen LogP contribution is -2.43. The molecule has 1 saturated heterocycles. The first-order valence-electron chi connectivity index (χ1n) is 9.09. The first kappa shape index (κ1) is 15.7. The van der Waals surface area contributed by atoms with Crippen LogP contribution in [0.1, 0.15) is 44.3 Å². The fraction of sp³-hybridized carbons (Fsp3) is 0.611. The van der Waals surface area contributed by atoms with Crippen molar-refractivity contribution in [3.8, 4) is 11.4 Å². The molecule has 0 aromatic carbocycles. The molecule has 4 rings (SSSR count). The van der Waals surface area contributed by atoms with Gasteiger partial charge in [-0.3, -0.25) is 10.1 Å². The van der Waals surface area contributed by atoms with Gasteiger partial charge in [0.25, 0.3) is 0 Å². The van der Waals surface area contributed by atoms with Crippen LogP contribution in [0.5, 0.6) is 0 Å². The molecule has 128 valence electrons. The van der Waals surface area contributed by atoms with E-state index in [-0.39, 0.29) is 0 Å². The minimum absolute atomic E-state index is 0.611. The minimum atomic E-state index is 0.611. The van der Waals surface area contributed by atoms with Crippen molar-refractivity contribution >= 4 is 0 Å². The number of rotatable bonds is 4. The van der Waals surface area contributed by atoms with E-state index < -0.39 is 0 Å². The summed E-state index contributed by atoms with van der Waals surface area (Å²) in [5.74, 6) is 1.65. The monoisotopic (exact) mass is 326 g/mol. The topological polar surface area (TPSA) is 78.5 Å². The van der Waals surface area contributed by atoms with Crippen LogP contribution >= 0.6 is 0 Å². The van der Waals surface area contributed by atoms with Crippen LogP contribution in [0, 0.1) is 5.41 Å². The number of aromatic amines is 1. The summed E-state index contributed by atoms with van der Waals surface area (Å²) in [6.45, 7) is 3.17. The van der Waals surface area contributed by atoms with Crippen LogP contribution in [0.4, 0.5) is 0 Å². The molecule has 1 saturated carbocycles. The fourth-order valence-electron chi connectivity index (χ4n) is 4.14. The van der Waals surface area contributed by atoms with Gasteiger partial charge in [0.2, 0.25) is 0 Å². The quantitative estimate of drug-likeness (QED) is 0.803. The number of hydrogen-bond donors (Lipinski definition) is 3. The van der Waals surface area contributed by atoms with E-state index in [9.17, 15) is 0 Å². The van der Waals surface area contributed by atoms with Crippen molar-refractivity contribution in [2.45, 2.75) is 51.1 Å². The third kappa shape index (κ3) is 3.49. The lowest BCUT2D eigenvalue weighted by atomic mass is 9.67. The lowest BCUT2D eigenvalue weighted by molar-refractivity contribution is 0.115. The van der Waals surface area contributed by atoms with E-state index in [1.165, 1.54) is 51.6 Å². The van der Waals surface area contributed by atoms with Gasteiger partial charge in [0.1, 0.15) is 5.82 Å². The molecule has 1 aliphatic carbocycles. The average molecular weight is 326 g/mol. The Morgan fingerprint density at radius 3 is 2.58 bits per heavy atom. The smallest absolute Gasteiger partial charge is 0.181 e. The number of hydrogen-bond acceptors (Lipinski definition) is 5. The van der Waals surface area contributed by atoms with Crippen molar-refractivity contribution in [1.29, 1.82) is 0 Å². The van der Waals surface area contributed by atoms with Gasteiger partial charge in [0, 0.05) is 24.0 Å². The second kappa shape index (κ2) is 6.99. The summed E-state index contributed by atoms with van der Waals surface area (Å²) in [7, 11) is 0. The highest BCUT2D eigenvalue weighted by molar-refractivity contribution is 5.52. The number of H-pyrrole nitrogens is 1. The van der Waals surface area contributed by atoms with Crippen molar-refractivity contribution < 1.29 is 0 Å². The molecule has 24 heavy (non-hydrogen) atoms. The maximum absolute atomic E-state index is 4.58. The predicted octanol–water partition coefficient (Wildman–Crippen LogP) is 2.27. The number of aromatic nitrogens is 4. The summed E-state index contributed by atoms with van der Waals surface area (Å²) >= 11 is 0. The highest BCUT2D eigenvalue weighted by atomic mass is 15.2. The van der Waals surface area contributed by atoms with Gasteiger partial charge in [-0.25, -0.2) is 4.98 Å². The van der Waals surface area contributed by atoms with Gasteiger partial charge in [0.05, 0.1) is 6.54 Å². The zero-order valence-electron chi connectivity index (χ0n) is 14.1. The molecule has 1 aliphatic heterocycles. The van der Waals surface area contributed by atoms with Crippen LogP contribution in [0.3, 0.4) is 0 Å². The number of nitrogens with one attached hydrogen (secondary N) is 3. The average Bonchev–Trinajstić information content (AvgIpc) is 3.12. The summed E-state index contributed by atoms with van der Waals surface area (Å²) in [5, 5.41) is 14.5. The molecule has 6 heteroatoms. The van der Waals surface area contributed by atoms with Gasteiger partial charge in [-0.05, 0) is 69.2 Å². The number of pyridine rings is 1. The maximum atomic E-state index is 4.58. The Hall–Kier alpha value is -1.79. The molecule has 0 amide bonds. The highest BCUT2D eigenvalue weighted by Gasteiger charge is 2.35. The number of piperidine rings is 1. The standard InChI is InChI=1S/C18H26N6/c1-5-18(7-11-20-12-8-18)6-2-15(1)21-13-16-22-17(24-23-16)14-3-9-19-10-4-14/h3-4,9-10,15,20-21H,1-2,5-8,11-13H2,(H,22,23,24). The van der Waals surface area contributed by atoms with Crippen LogP contribution in [-0.4, -0.2) is 39.3 Å². The molecule has 0 bridgehead atoms. The molecule has 2 fully saturated rings. The Bertz CT molecular complexity index is 637. The van der Waals surface area contributed by atoms with Gasteiger partial charge in [-0.15, -0.1) is 0 Å². The van der Waals surface area contributed by atoms with E-state index in [1.54, 1.807) is 12.4 Å². The zero-order valence-corrected chi connectivity index (χ0v) is 14.1. The molecular weight excluding hydrogens is 300 g/mol. The summed E-state index contributed by atoms with van der Waals surface area (Å²) in [5.41, 5.74) is 1.63. The molecule has 3 N–H and O–H groups in total. The van der Waals surface area contributed by atoms with Gasteiger partial charge in [-0.2, -0.15) is 5.10 Å². The third-order valence-electron chi connectivity index (χ3n) is 5.74. The van der Waals surface area contributed by atoms with Crippen LogP contribution in [0.2, 0.25) is 0 Å². The van der Waals surface area contributed by atoms with Crippen molar-refractivity contribution in [1.82, 2.24) is 30.8 Å². The summed E-state index contributed by atoms with van der Waals surface area (Å²) < 4.78 is 0. The summed E-state index contributed by atoms with van der Waals surface area (Å²) in [6.07, 6.45) is 11.5. The third-order valence-corrected chi connectivity index (χ3v) is 5.74. The Kier molecular flexibility index (Phi) is 4.58. The molecule has 2 aliphatic rings. The number of nitrogens with zero attached hydrogens (tertiary/aromatic N) is 3. The van der Waals surface area contributed by atoms with Crippen LogP contribution < -0.4 is 10.6 Å². The van der Waals surface area contributed by atoms with Gasteiger partial charge >= 0.3 is 0 Å². The first-order valence-corrected chi connectivity index (χ1v) is 9.09. The van der Waals surface area contributed by atoms with E-state index in [0.717, 1.165) is 23.8 Å². The Labute approximate surface area is 142 Å². The van der Waals surface area contributed by atoms with Crippen molar-refractivity contribution in [2.75, 3.05) is 13.1 Å². The molecule has 0 atom stereocenters. The molecule has 0 unspecified atom stereocenters. The van der Waals surface area contributed by atoms with E-state index in [4.69, 9.17) is 0 Å². The van der Waals surface area contributed by atoms with E-state index in [0.29, 0.717) is 11.5 Å². The van der Waals surface area contributed by atoms with Crippen LogP contribution in [0.15, 0.2) is 24.5 Å². The van der Waals surface area contributed by atoms with Crippen molar-refractivity contribution in [3.05, 3.63) is 30.4 Å². The maximum Gasteiger partial charge on any atom is 0.181 e. The first-order chi connectivity index (χ1) is 11.8. The van der Waals surface area contributed by atoms with Crippen LogP contribution in [-0.2, 0) is 6.54 Å². The van der Waals surface area contributed by atoms with E-state index in [2.05, 4.69) is 30.8 Å². The SMILES string of the molecule is c1cc(-c2n[nH]c(CNC3CCC4(CCNCC4)CC3)n2)ccn1. The second-order valence-electron chi connectivity index (χ2n) is 7.25. The molecular formula is C18H26N6.